The molecule has 0 spiro atoms. The van der Waals surface area contributed by atoms with Gasteiger partial charge in [0.15, 0.2) is 5.78 Å². The van der Waals surface area contributed by atoms with Gasteiger partial charge in [0.1, 0.15) is 17.3 Å². The monoisotopic (exact) mass is 292 g/mol. The third-order valence-corrected chi connectivity index (χ3v) is 3.66. The predicted octanol–water partition coefficient (Wildman–Crippen LogP) is 3.51. The number of phenols is 1. The van der Waals surface area contributed by atoms with Crippen molar-refractivity contribution in [2.75, 3.05) is 12.9 Å². The van der Waals surface area contributed by atoms with Gasteiger partial charge in [-0.15, -0.1) is 11.8 Å². The highest BCUT2D eigenvalue weighted by Gasteiger charge is 2.12. The summed E-state index contributed by atoms with van der Waals surface area (Å²) < 4.78 is 18.2. The zero-order valence-electron chi connectivity index (χ0n) is 10.8. The number of benzene rings is 2. The van der Waals surface area contributed by atoms with Crippen LogP contribution in [0.25, 0.3) is 0 Å². The van der Waals surface area contributed by atoms with Gasteiger partial charge in [0.05, 0.1) is 18.4 Å². The summed E-state index contributed by atoms with van der Waals surface area (Å²) in [6.45, 7) is 0. The third kappa shape index (κ3) is 3.51. The lowest BCUT2D eigenvalue weighted by Gasteiger charge is -2.05. The van der Waals surface area contributed by atoms with Gasteiger partial charge in [-0.05, 0) is 36.4 Å². The first-order valence-corrected chi connectivity index (χ1v) is 6.87. The second kappa shape index (κ2) is 6.43. The van der Waals surface area contributed by atoms with Crippen molar-refractivity contribution >= 4 is 17.5 Å². The normalized spacial score (nSPS) is 10.3. The Morgan fingerprint density at radius 1 is 1.30 bits per heavy atom. The molecule has 2 aromatic carbocycles. The molecule has 2 rings (SSSR count). The van der Waals surface area contributed by atoms with Gasteiger partial charge < -0.3 is 9.84 Å². The van der Waals surface area contributed by atoms with Crippen LogP contribution in [0.4, 0.5) is 4.39 Å². The SMILES string of the molecule is COc1cccc(SCC(=O)c2cc(F)ccc2O)c1. The zero-order chi connectivity index (χ0) is 14.5. The Balaban J connectivity index is 2.06. The van der Waals surface area contributed by atoms with Crippen molar-refractivity contribution in [2.24, 2.45) is 0 Å². The van der Waals surface area contributed by atoms with Gasteiger partial charge in [0, 0.05) is 4.90 Å². The zero-order valence-corrected chi connectivity index (χ0v) is 11.6. The Morgan fingerprint density at radius 3 is 2.85 bits per heavy atom. The highest BCUT2D eigenvalue weighted by atomic mass is 32.2. The minimum Gasteiger partial charge on any atom is -0.507 e. The fraction of sp³-hybridized carbons (Fsp3) is 0.133. The van der Waals surface area contributed by atoms with E-state index in [2.05, 4.69) is 0 Å². The van der Waals surface area contributed by atoms with Crippen LogP contribution in [0, 0.1) is 5.82 Å². The average Bonchev–Trinajstić information content (AvgIpc) is 2.47. The van der Waals surface area contributed by atoms with E-state index in [-0.39, 0.29) is 22.8 Å². The molecule has 0 saturated heterocycles. The van der Waals surface area contributed by atoms with Crippen molar-refractivity contribution in [2.45, 2.75) is 4.90 Å². The molecule has 0 aliphatic heterocycles. The summed E-state index contributed by atoms with van der Waals surface area (Å²) in [6.07, 6.45) is 0. The molecule has 3 nitrogen and oxygen atoms in total. The van der Waals surface area contributed by atoms with E-state index in [0.717, 1.165) is 17.0 Å². The molecule has 104 valence electrons. The van der Waals surface area contributed by atoms with Crippen molar-refractivity contribution in [1.29, 1.82) is 0 Å². The molecule has 5 heteroatoms. The van der Waals surface area contributed by atoms with Crippen LogP contribution >= 0.6 is 11.8 Å². The van der Waals surface area contributed by atoms with Crippen molar-refractivity contribution < 1.29 is 19.0 Å². The molecule has 0 heterocycles. The number of hydrogen-bond acceptors (Lipinski definition) is 4. The molecule has 0 aliphatic rings. The van der Waals surface area contributed by atoms with Gasteiger partial charge in [-0.2, -0.15) is 0 Å². The first-order chi connectivity index (χ1) is 9.60. The topological polar surface area (TPSA) is 46.5 Å². The molecule has 1 N–H and O–H groups in total. The molecular formula is C15H13FO3S. The van der Waals surface area contributed by atoms with Crippen LogP contribution in [0.3, 0.4) is 0 Å². The van der Waals surface area contributed by atoms with Gasteiger partial charge in [0.25, 0.3) is 0 Å². The molecule has 0 unspecified atom stereocenters. The summed E-state index contributed by atoms with van der Waals surface area (Å²) in [6, 6.07) is 10.6. The van der Waals surface area contributed by atoms with Gasteiger partial charge in [-0.25, -0.2) is 4.39 Å². The summed E-state index contributed by atoms with van der Waals surface area (Å²) in [5.74, 6) is -0.254. The molecule has 0 aromatic heterocycles. The van der Waals surface area contributed by atoms with E-state index in [4.69, 9.17) is 4.74 Å². The Kier molecular flexibility index (Phi) is 4.63. The van der Waals surface area contributed by atoms with Gasteiger partial charge >= 0.3 is 0 Å². The van der Waals surface area contributed by atoms with E-state index in [1.807, 2.05) is 24.3 Å². The number of aromatic hydroxyl groups is 1. The number of Topliss-reactive ketones (excluding diaryl/α,β-unsaturated/α-hetero) is 1. The van der Waals surface area contributed by atoms with Crippen LogP contribution in [0.1, 0.15) is 10.4 Å². The minimum absolute atomic E-state index is 0.000367. The summed E-state index contributed by atoms with van der Waals surface area (Å²) in [5.41, 5.74) is 0.000367. The van der Waals surface area contributed by atoms with Crippen molar-refractivity contribution in [1.82, 2.24) is 0 Å². The van der Waals surface area contributed by atoms with Crippen LogP contribution < -0.4 is 4.74 Å². The lowest BCUT2D eigenvalue weighted by atomic mass is 10.1. The van der Waals surface area contributed by atoms with Gasteiger partial charge in [-0.1, -0.05) is 6.07 Å². The molecule has 0 atom stereocenters. The smallest absolute Gasteiger partial charge is 0.176 e. The lowest BCUT2D eigenvalue weighted by Crippen LogP contribution is -2.03. The maximum Gasteiger partial charge on any atom is 0.176 e. The predicted molar refractivity (Wildman–Crippen MR) is 76.1 cm³/mol. The molecule has 20 heavy (non-hydrogen) atoms. The van der Waals surface area contributed by atoms with Crippen LogP contribution in [0.2, 0.25) is 0 Å². The number of thioether (sulfide) groups is 1. The number of methoxy groups -OCH3 is 1. The fourth-order valence-corrected chi connectivity index (χ4v) is 2.48. The number of rotatable bonds is 5. The molecule has 0 bridgehead atoms. The van der Waals surface area contributed by atoms with E-state index in [1.54, 1.807) is 7.11 Å². The number of carbonyl (C=O) groups is 1. The van der Waals surface area contributed by atoms with Gasteiger partial charge in [-0.3, -0.25) is 4.79 Å². The highest BCUT2D eigenvalue weighted by molar-refractivity contribution is 8.00. The second-order valence-electron chi connectivity index (χ2n) is 4.05. The molecule has 0 aliphatic carbocycles. The number of carbonyl (C=O) groups excluding carboxylic acids is 1. The number of phenolic OH excluding ortho intramolecular Hbond substituents is 1. The average molecular weight is 292 g/mol. The minimum atomic E-state index is -0.544. The molecular weight excluding hydrogens is 279 g/mol. The number of hydrogen-bond donors (Lipinski definition) is 1. The number of halogens is 1. The van der Waals surface area contributed by atoms with Crippen molar-refractivity contribution in [3.8, 4) is 11.5 Å². The Bertz CT molecular complexity index is 628. The lowest BCUT2D eigenvalue weighted by molar-refractivity contribution is 0.101. The van der Waals surface area contributed by atoms with Crippen molar-refractivity contribution in [3.63, 3.8) is 0 Å². The van der Waals surface area contributed by atoms with Crippen LogP contribution in [0.15, 0.2) is 47.4 Å². The molecule has 0 amide bonds. The van der Waals surface area contributed by atoms with E-state index in [9.17, 15) is 14.3 Å². The maximum absolute atomic E-state index is 13.1. The van der Waals surface area contributed by atoms with E-state index < -0.39 is 5.82 Å². The van der Waals surface area contributed by atoms with Crippen LogP contribution in [0.5, 0.6) is 11.5 Å². The number of ether oxygens (including phenoxy) is 1. The largest absolute Gasteiger partial charge is 0.507 e. The maximum atomic E-state index is 13.1. The van der Waals surface area contributed by atoms with Crippen molar-refractivity contribution in [3.05, 3.63) is 53.8 Å². The summed E-state index contributed by atoms with van der Waals surface area (Å²) in [4.78, 5) is 12.8. The molecule has 0 radical (unpaired) electrons. The van der Waals surface area contributed by atoms with E-state index in [1.165, 1.54) is 17.8 Å². The Labute approximate surface area is 120 Å². The van der Waals surface area contributed by atoms with Crippen LogP contribution in [-0.2, 0) is 0 Å². The Morgan fingerprint density at radius 2 is 2.10 bits per heavy atom. The molecule has 2 aromatic rings. The first kappa shape index (κ1) is 14.4. The molecule has 0 fully saturated rings. The third-order valence-electron chi connectivity index (χ3n) is 2.67. The number of ketones is 1. The second-order valence-corrected chi connectivity index (χ2v) is 5.10. The summed E-state index contributed by atoms with van der Waals surface area (Å²) in [5, 5.41) is 9.57. The standard InChI is InChI=1S/C15H13FO3S/c1-19-11-3-2-4-12(8-11)20-9-15(18)13-7-10(16)5-6-14(13)17/h2-8,17H,9H2,1H3. The quantitative estimate of drug-likeness (QED) is 0.676. The highest BCUT2D eigenvalue weighted by Crippen LogP contribution is 2.25. The first-order valence-electron chi connectivity index (χ1n) is 5.88. The molecule has 0 saturated carbocycles. The Hall–Kier alpha value is -2.01. The van der Waals surface area contributed by atoms with Crippen LogP contribution in [-0.4, -0.2) is 23.8 Å². The fourth-order valence-electron chi connectivity index (χ4n) is 1.65. The van der Waals surface area contributed by atoms with E-state index in [0.29, 0.717) is 5.75 Å². The summed E-state index contributed by atoms with van der Waals surface area (Å²) >= 11 is 1.30. The van der Waals surface area contributed by atoms with E-state index >= 15 is 0 Å². The van der Waals surface area contributed by atoms with Gasteiger partial charge in [0.2, 0.25) is 0 Å². The summed E-state index contributed by atoms with van der Waals surface area (Å²) in [7, 11) is 1.57.